The molecule has 0 unspecified atom stereocenters. The van der Waals surface area contributed by atoms with E-state index in [0.29, 0.717) is 0 Å². The number of hydrogen-bond acceptors (Lipinski definition) is 2. The summed E-state index contributed by atoms with van der Waals surface area (Å²) in [6, 6.07) is 0. The first-order chi connectivity index (χ1) is 4.23. The highest BCUT2D eigenvalue weighted by Gasteiger charge is 1.93. The van der Waals surface area contributed by atoms with Gasteiger partial charge in [0.1, 0.15) is 0 Å². The van der Waals surface area contributed by atoms with Crippen molar-refractivity contribution >= 4 is 8.25 Å². The number of H-pyrrole nitrogens is 1. The summed E-state index contributed by atoms with van der Waals surface area (Å²) in [6.45, 7) is 0. The number of imidazole rings is 1. The molecular formula is C3H6N2O3P+. The van der Waals surface area contributed by atoms with Crippen molar-refractivity contribution in [3.63, 3.8) is 0 Å². The lowest BCUT2D eigenvalue weighted by Crippen LogP contribution is -1.44. The predicted molar refractivity (Wildman–Crippen MR) is 30.6 cm³/mol. The van der Waals surface area contributed by atoms with Crippen molar-refractivity contribution in [3.8, 4) is 0 Å². The minimum atomic E-state index is -2.87. The third-order valence-corrected chi connectivity index (χ3v) is 0.406. The quantitative estimate of drug-likeness (QED) is 0.454. The average Bonchev–Trinajstić information content (AvgIpc) is 2.11. The molecule has 0 bridgehead atoms. The second-order valence-corrected chi connectivity index (χ2v) is 1.52. The largest absolute Gasteiger partial charge is 0.692 e. The van der Waals surface area contributed by atoms with Crippen molar-refractivity contribution in [2.24, 2.45) is 0 Å². The molecule has 0 aliphatic rings. The molecule has 50 valence electrons. The normalized spacial score (nSPS) is 7.33. The van der Waals surface area contributed by atoms with Crippen LogP contribution in [0.4, 0.5) is 0 Å². The number of nitrogens with one attached hydrogen (secondary N) is 1. The van der Waals surface area contributed by atoms with Crippen LogP contribution < -0.4 is 0 Å². The first-order valence-corrected chi connectivity index (χ1v) is 3.17. The number of hydrogen-bond donors (Lipinski definition) is 3. The summed E-state index contributed by atoms with van der Waals surface area (Å²) >= 11 is 0. The molecule has 0 aliphatic heterocycles. The van der Waals surface area contributed by atoms with Crippen LogP contribution in [0.5, 0.6) is 0 Å². The molecule has 5 nitrogen and oxygen atoms in total. The van der Waals surface area contributed by atoms with Crippen LogP contribution in [-0.2, 0) is 4.57 Å². The van der Waals surface area contributed by atoms with E-state index in [4.69, 9.17) is 14.4 Å². The summed E-state index contributed by atoms with van der Waals surface area (Å²) in [7, 11) is -2.87. The van der Waals surface area contributed by atoms with Crippen LogP contribution in [0.3, 0.4) is 0 Å². The zero-order chi connectivity index (χ0) is 7.11. The first-order valence-electron chi connectivity index (χ1n) is 2.01. The fraction of sp³-hybridized carbons (Fsp3) is 0. The number of aromatic nitrogens is 2. The Bertz CT molecular complexity index is 131. The molecule has 0 aromatic carbocycles. The van der Waals surface area contributed by atoms with Gasteiger partial charge in [0.05, 0.1) is 6.33 Å². The maximum atomic E-state index is 8.70. The molecule has 9 heavy (non-hydrogen) atoms. The second kappa shape index (κ2) is 5.37. The van der Waals surface area contributed by atoms with E-state index in [1.165, 1.54) is 0 Å². The first kappa shape index (κ1) is 8.23. The Labute approximate surface area is 52.3 Å². The monoisotopic (exact) mass is 149 g/mol. The van der Waals surface area contributed by atoms with Crippen molar-refractivity contribution in [1.82, 2.24) is 9.97 Å². The molecule has 0 atom stereocenters. The maximum absolute atomic E-state index is 8.70. The van der Waals surface area contributed by atoms with Crippen LogP contribution in [0.1, 0.15) is 0 Å². The zero-order valence-electron chi connectivity index (χ0n) is 4.43. The Morgan fingerprint density at radius 1 is 1.56 bits per heavy atom. The summed E-state index contributed by atoms with van der Waals surface area (Å²) < 4.78 is 8.70. The molecular weight excluding hydrogens is 143 g/mol. The van der Waals surface area contributed by atoms with Gasteiger partial charge in [-0.25, -0.2) is 4.98 Å². The van der Waals surface area contributed by atoms with E-state index in [2.05, 4.69) is 9.97 Å². The summed E-state index contributed by atoms with van der Waals surface area (Å²) in [5.74, 6) is 0. The SMILES string of the molecule is O=[P+](O)O.c1c[nH]cn1. The fourth-order valence-corrected chi connectivity index (χ4v) is 0.215. The van der Waals surface area contributed by atoms with Crippen LogP contribution in [0.25, 0.3) is 0 Å². The van der Waals surface area contributed by atoms with Gasteiger partial charge in [0.15, 0.2) is 0 Å². The molecule has 3 N–H and O–H groups in total. The smallest absolute Gasteiger partial charge is 0.351 e. The van der Waals surface area contributed by atoms with Crippen LogP contribution in [0.2, 0.25) is 0 Å². The van der Waals surface area contributed by atoms with Crippen molar-refractivity contribution < 1.29 is 14.4 Å². The molecule has 0 fully saturated rings. The van der Waals surface area contributed by atoms with Crippen molar-refractivity contribution in [2.75, 3.05) is 0 Å². The molecule has 6 heteroatoms. The van der Waals surface area contributed by atoms with Gasteiger partial charge in [-0.05, 0) is 0 Å². The van der Waals surface area contributed by atoms with Crippen LogP contribution in [-0.4, -0.2) is 19.8 Å². The Balaban J connectivity index is 0.000000148. The number of rotatable bonds is 0. The van der Waals surface area contributed by atoms with Crippen LogP contribution >= 0.6 is 8.25 Å². The van der Waals surface area contributed by atoms with Gasteiger partial charge in [-0.15, -0.1) is 9.79 Å². The van der Waals surface area contributed by atoms with Crippen LogP contribution in [0.15, 0.2) is 18.7 Å². The van der Waals surface area contributed by atoms with Gasteiger partial charge in [-0.3, -0.25) is 0 Å². The van der Waals surface area contributed by atoms with E-state index >= 15 is 0 Å². The number of aromatic amines is 1. The average molecular weight is 149 g/mol. The van der Waals surface area contributed by atoms with E-state index in [-0.39, 0.29) is 0 Å². The summed E-state index contributed by atoms with van der Waals surface area (Å²) in [4.78, 5) is 20.7. The molecule has 1 aromatic rings. The molecule has 0 saturated carbocycles. The van der Waals surface area contributed by atoms with Gasteiger partial charge in [0, 0.05) is 17.0 Å². The predicted octanol–water partition coefficient (Wildman–Crippen LogP) is 0.0381. The molecule has 0 saturated heterocycles. The summed E-state index contributed by atoms with van der Waals surface area (Å²) in [5, 5.41) is 0. The highest BCUT2D eigenvalue weighted by Crippen LogP contribution is 1.98. The van der Waals surface area contributed by atoms with Gasteiger partial charge in [0.2, 0.25) is 0 Å². The second-order valence-electron chi connectivity index (χ2n) is 1.01. The van der Waals surface area contributed by atoms with Crippen molar-refractivity contribution in [2.45, 2.75) is 0 Å². The molecule has 1 heterocycles. The molecule has 0 radical (unpaired) electrons. The van der Waals surface area contributed by atoms with Gasteiger partial charge in [-0.2, -0.15) is 0 Å². The van der Waals surface area contributed by atoms with Gasteiger partial charge >= 0.3 is 8.25 Å². The van der Waals surface area contributed by atoms with Crippen molar-refractivity contribution in [3.05, 3.63) is 18.7 Å². The van der Waals surface area contributed by atoms with Gasteiger partial charge < -0.3 is 4.98 Å². The van der Waals surface area contributed by atoms with E-state index in [0.717, 1.165) is 0 Å². The van der Waals surface area contributed by atoms with E-state index in [1.807, 2.05) is 0 Å². The van der Waals surface area contributed by atoms with Gasteiger partial charge in [0.25, 0.3) is 0 Å². The Morgan fingerprint density at radius 3 is 2.22 bits per heavy atom. The molecule has 0 spiro atoms. The minimum Gasteiger partial charge on any atom is -0.351 e. The molecule has 1 aromatic heterocycles. The van der Waals surface area contributed by atoms with Gasteiger partial charge in [-0.1, -0.05) is 0 Å². The van der Waals surface area contributed by atoms with E-state index < -0.39 is 8.25 Å². The van der Waals surface area contributed by atoms with Crippen LogP contribution in [0, 0.1) is 0 Å². The van der Waals surface area contributed by atoms with E-state index in [9.17, 15) is 0 Å². The molecule has 0 amide bonds. The van der Waals surface area contributed by atoms with Crippen molar-refractivity contribution in [1.29, 1.82) is 0 Å². The Morgan fingerprint density at radius 2 is 2.11 bits per heavy atom. The summed E-state index contributed by atoms with van der Waals surface area (Å²) in [6.07, 6.45) is 5.08. The third kappa shape index (κ3) is 11.1. The third-order valence-electron chi connectivity index (χ3n) is 0.406. The topological polar surface area (TPSA) is 86.2 Å². The lowest BCUT2D eigenvalue weighted by molar-refractivity contribution is 0.405. The maximum Gasteiger partial charge on any atom is 0.692 e. The molecule has 1 rings (SSSR count). The Kier molecular flexibility index (Phi) is 4.91. The minimum absolute atomic E-state index is 1.62. The Hall–Kier alpha value is -0.770. The molecule has 0 aliphatic carbocycles. The lowest BCUT2D eigenvalue weighted by Gasteiger charge is -1.46. The highest BCUT2D eigenvalue weighted by atomic mass is 31.1. The lowest BCUT2D eigenvalue weighted by atomic mass is 11.0. The standard InChI is InChI=1S/C3H4N2.HO3P/c1-2-5-3-4-1;1-4(2)3/h1-3H,(H,4,5);(H-,1,2,3)/p+1. The zero-order valence-corrected chi connectivity index (χ0v) is 5.32. The highest BCUT2D eigenvalue weighted by molar-refractivity contribution is 7.30. The number of nitrogens with zero attached hydrogens (tertiary/aromatic N) is 1. The fourth-order valence-electron chi connectivity index (χ4n) is 0.215. The van der Waals surface area contributed by atoms with E-state index in [1.54, 1.807) is 18.7 Å². The summed E-state index contributed by atoms with van der Waals surface area (Å²) in [5.41, 5.74) is 0.